The SMILES string of the molecule is Cc1cc(NC2(C(=O)O)CCC(C)CC2)nc(C)n1. The molecule has 2 rings (SSSR count). The molecule has 0 radical (unpaired) electrons. The lowest BCUT2D eigenvalue weighted by Crippen LogP contribution is -2.49. The number of nitrogens with one attached hydrogen (secondary N) is 1. The van der Waals surface area contributed by atoms with Gasteiger partial charge in [0.15, 0.2) is 0 Å². The molecule has 0 spiro atoms. The predicted molar refractivity (Wildman–Crippen MR) is 73.1 cm³/mol. The molecule has 0 atom stereocenters. The minimum absolute atomic E-state index is 0.600. The fraction of sp³-hybridized carbons (Fsp3) is 0.643. The monoisotopic (exact) mass is 263 g/mol. The van der Waals surface area contributed by atoms with Crippen molar-refractivity contribution in [2.24, 2.45) is 5.92 Å². The zero-order valence-corrected chi connectivity index (χ0v) is 11.7. The van der Waals surface area contributed by atoms with Gasteiger partial charge in [-0.05, 0) is 45.4 Å². The molecule has 0 bridgehead atoms. The average Bonchev–Trinajstić information content (AvgIpc) is 2.31. The number of aryl methyl sites for hydroxylation is 2. The summed E-state index contributed by atoms with van der Waals surface area (Å²) in [6, 6.07) is 1.80. The minimum Gasteiger partial charge on any atom is -0.480 e. The van der Waals surface area contributed by atoms with E-state index < -0.39 is 11.5 Å². The van der Waals surface area contributed by atoms with E-state index in [0.29, 0.717) is 30.4 Å². The third-order valence-corrected chi connectivity index (χ3v) is 3.87. The minimum atomic E-state index is -0.875. The number of hydrogen-bond donors (Lipinski definition) is 2. The second-order valence-corrected chi connectivity index (χ2v) is 5.64. The van der Waals surface area contributed by atoms with E-state index in [-0.39, 0.29) is 0 Å². The van der Waals surface area contributed by atoms with E-state index in [2.05, 4.69) is 22.2 Å². The van der Waals surface area contributed by atoms with Crippen molar-refractivity contribution in [3.05, 3.63) is 17.6 Å². The van der Waals surface area contributed by atoms with Crippen LogP contribution in [0.4, 0.5) is 5.82 Å². The van der Waals surface area contributed by atoms with Crippen molar-refractivity contribution in [3.8, 4) is 0 Å². The van der Waals surface area contributed by atoms with Crippen molar-refractivity contribution in [3.63, 3.8) is 0 Å². The number of carbonyl (C=O) groups is 1. The highest BCUT2D eigenvalue weighted by Crippen LogP contribution is 2.34. The summed E-state index contributed by atoms with van der Waals surface area (Å²) in [5.74, 6) is 1.09. The molecule has 5 heteroatoms. The van der Waals surface area contributed by atoms with Gasteiger partial charge in [0.25, 0.3) is 0 Å². The Morgan fingerprint density at radius 2 is 2.00 bits per heavy atom. The Labute approximate surface area is 113 Å². The summed E-state index contributed by atoms with van der Waals surface area (Å²) in [4.78, 5) is 20.1. The molecule has 19 heavy (non-hydrogen) atoms. The molecule has 0 amide bonds. The molecule has 1 aromatic heterocycles. The van der Waals surface area contributed by atoms with Crippen molar-refractivity contribution in [1.29, 1.82) is 0 Å². The van der Waals surface area contributed by atoms with Gasteiger partial charge in [0.1, 0.15) is 17.2 Å². The summed E-state index contributed by atoms with van der Waals surface area (Å²) < 4.78 is 0. The maximum absolute atomic E-state index is 11.7. The number of nitrogens with zero attached hydrogens (tertiary/aromatic N) is 2. The van der Waals surface area contributed by atoms with Crippen LogP contribution in [-0.2, 0) is 4.79 Å². The van der Waals surface area contributed by atoms with Crippen molar-refractivity contribution >= 4 is 11.8 Å². The molecule has 5 nitrogen and oxygen atoms in total. The van der Waals surface area contributed by atoms with Gasteiger partial charge in [0.2, 0.25) is 0 Å². The quantitative estimate of drug-likeness (QED) is 0.876. The first-order valence-electron chi connectivity index (χ1n) is 6.75. The maximum Gasteiger partial charge on any atom is 0.329 e. The Kier molecular flexibility index (Phi) is 3.73. The first-order valence-corrected chi connectivity index (χ1v) is 6.75. The molecule has 1 aliphatic carbocycles. The van der Waals surface area contributed by atoms with E-state index in [4.69, 9.17) is 0 Å². The Morgan fingerprint density at radius 3 is 2.53 bits per heavy atom. The summed E-state index contributed by atoms with van der Waals surface area (Å²) >= 11 is 0. The number of aliphatic carboxylic acids is 1. The third-order valence-electron chi connectivity index (χ3n) is 3.87. The van der Waals surface area contributed by atoms with Crippen molar-refractivity contribution < 1.29 is 9.90 Å². The molecule has 0 aromatic carbocycles. The van der Waals surface area contributed by atoms with Crippen LogP contribution in [0.1, 0.15) is 44.1 Å². The first kappa shape index (κ1) is 13.8. The second kappa shape index (κ2) is 5.15. The standard InChI is InChI=1S/C14H21N3O2/c1-9-4-6-14(7-5-9,13(18)19)17-12-8-10(2)15-11(3)16-12/h8-9H,4-7H2,1-3H3,(H,18,19)(H,15,16,17). The molecular formula is C14H21N3O2. The maximum atomic E-state index is 11.7. The second-order valence-electron chi connectivity index (χ2n) is 5.64. The lowest BCUT2D eigenvalue weighted by atomic mass is 9.77. The summed E-state index contributed by atoms with van der Waals surface area (Å²) in [5.41, 5.74) is -0.0283. The van der Waals surface area contributed by atoms with Gasteiger partial charge in [0, 0.05) is 11.8 Å². The van der Waals surface area contributed by atoms with Crippen LogP contribution in [0.15, 0.2) is 6.07 Å². The summed E-state index contributed by atoms with van der Waals surface area (Å²) in [5, 5.41) is 12.7. The largest absolute Gasteiger partial charge is 0.480 e. The fourth-order valence-corrected chi connectivity index (χ4v) is 2.67. The summed E-state index contributed by atoms with van der Waals surface area (Å²) in [6.45, 7) is 5.87. The van der Waals surface area contributed by atoms with Gasteiger partial charge in [-0.15, -0.1) is 0 Å². The smallest absolute Gasteiger partial charge is 0.329 e. The van der Waals surface area contributed by atoms with Crippen LogP contribution in [0.5, 0.6) is 0 Å². The number of anilines is 1. The highest BCUT2D eigenvalue weighted by Gasteiger charge is 2.41. The van der Waals surface area contributed by atoms with Gasteiger partial charge in [-0.3, -0.25) is 0 Å². The van der Waals surface area contributed by atoms with Crippen LogP contribution < -0.4 is 5.32 Å². The number of carboxylic acids is 1. The number of hydrogen-bond acceptors (Lipinski definition) is 4. The van der Waals surface area contributed by atoms with Crippen LogP contribution in [0.2, 0.25) is 0 Å². The van der Waals surface area contributed by atoms with Gasteiger partial charge in [-0.2, -0.15) is 0 Å². The number of carboxylic acid groups (broad SMARTS) is 1. The van der Waals surface area contributed by atoms with Gasteiger partial charge < -0.3 is 10.4 Å². The Morgan fingerprint density at radius 1 is 1.37 bits per heavy atom. The van der Waals surface area contributed by atoms with Crippen LogP contribution in [-0.4, -0.2) is 26.6 Å². The van der Waals surface area contributed by atoms with E-state index in [9.17, 15) is 9.90 Å². The highest BCUT2D eigenvalue weighted by molar-refractivity contribution is 5.82. The number of aromatic nitrogens is 2. The van der Waals surface area contributed by atoms with E-state index in [0.717, 1.165) is 18.5 Å². The van der Waals surface area contributed by atoms with E-state index in [1.165, 1.54) is 0 Å². The zero-order chi connectivity index (χ0) is 14.0. The van der Waals surface area contributed by atoms with Gasteiger partial charge >= 0.3 is 5.97 Å². The molecular weight excluding hydrogens is 242 g/mol. The average molecular weight is 263 g/mol. The summed E-state index contributed by atoms with van der Waals surface area (Å²) in [6.07, 6.45) is 3.15. The van der Waals surface area contributed by atoms with Gasteiger partial charge in [-0.25, -0.2) is 14.8 Å². The molecule has 1 fully saturated rings. The van der Waals surface area contributed by atoms with Crippen molar-refractivity contribution in [2.75, 3.05) is 5.32 Å². The van der Waals surface area contributed by atoms with Crippen LogP contribution in [0.25, 0.3) is 0 Å². The molecule has 1 aliphatic rings. The molecule has 0 aliphatic heterocycles. The van der Waals surface area contributed by atoms with Crippen molar-refractivity contribution in [1.82, 2.24) is 9.97 Å². The lowest BCUT2D eigenvalue weighted by Gasteiger charge is -2.36. The molecule has 1 heterocycles. The molecule has 104 valence electrons. The Balaban J connectivity index is 2.24. The van der Waals surface area contributed by atoms with Gasteiger partial charge in [-0.1, -0.05) is 6.92 Å². The predicted octanol–water partition coefficient (Wildman–Crippen LogP) is 2.54. The highest BCUT2D eigenvalue weighted by atomic mass is 16.4. The fourth-order valence-electron chi connectivity index (χ4n) is 2.67. The molecule has 1 saturated carbocycles. The molecule has 0 unspecified atom stereocenters. The molecule has 0 saturated heterocycles. The lowest BCUT2D eigenvalue weighted by molar-refractivity contribution is -0.143. The van der Waals surface area contributed by atoms with Gasteiger partial charge in [0.05, 0.1) is 0 Å². The van der Waals surface area contributed by atoms with E-state index in [1.54, 1.807) is 6.07 Å². The van der Waals surface area contributed by atoms with Crippen LogP contribution >= 0.6 is 0 Å². The summed E-state index contributed by atoms with van der Waals surface area (Å²) in [7, 11) is 0. The third kappa shape index (κ3) is 3.03. The Bertz CT molecular complexity index is 459. The first-order chi connectivity index (χ1) is 8.91. The molecule has 2 N–H and O–H groups in total. The van der Waals surface area contributed by atoms with Crippen molar-refractivity contribution in [2.45, 2.75) is 52.0 Å². The normalized spacial score (nSPS) is 27.0. The topological polar surface area (TPSA) is 75.1 Å². The zero-order valence-electron chi connectivity index (χ0n) is 11.7. The van der Waals surface area contributed by atoms with Crippen LogP contribution in [0.3, 0.4) is 0 Å². The van der Waals surface area contributed by atoms with Crippen LogP contribution in [0, 0.1) is 19.8 Å². The van der Waals surface area contributed by atoms with E-state index >= 15 is 0 Å². The Hall–Kier alpha value is -1.65. The number of rotatable bonds is 3. The molecule has 1 aromatic rings. The van der Waals surface area contributed by atoms with E-state index in [1.807, 2.05) is 13.8 Å².